The first kappa shape index (κ1) is 14.4. The first-order valence-electron chi connectivity index (χ1n) is 6.27. The quantitative estimate of drug-likeness (QED) is 0.565. The van der Waals surface area contributed by atoms with Gasteiger partial charge in [-0.3, -0.25) is 0 Å². The van der Waals surface area contributed by atoms with Crippen molar-refractivity contribution in [1.82, 2.24) is 5.32 Å². The number of ether oxygens (including phenoxy) is 1. The van der Waals surface area contributed by atoms with E-state index in [0.29, 0.717) is 5.25 Å². The second-order valence-electron chi connectivity index (χ2n) is 4.17. The molecule has 0 heterocycles. The van der Waals surface area contributed by atoms with E-state index in [1.54, 1.807) is 7.11 Å². The molecule has 96 valence electrons. The van der Waals surface area contributed by atoms with Gasteiger partial charge in [-0.15, -0.1) is 11.8 Å². The second-order valence-corrected chi connectivity index (χ2v) is 5.68. The zero-order chi connectivity index (χ0) is 12.5. The van der Waals surface area contributed by atoms with E-state index >= 15 is 0 Å². The van der Waals surface area contributed by atoms with Crippen LogP contribution in [0.5, 0.6) is 5.75 Å². The maximum atomic E-state index is 5.22. The van der Waals surface area contributed by atoms with E-state index in [1.165, 1.54) is 17.7 Å². The number of hydrogen-bond donors (Lipinski definition) is 1. The first-order chi connectivity index (χ1) is 8.26. The van der Waals surface area contributed by atoms with E-state index < -0.39 is 0 Å². The average molecular weight is 253 g/mol. The van der Waals surface area contributed by atoms with Crippen LogP contribution in [0.15, 0.2) is 29.2 Å². The van der Waals surface area contributed by atoms with Crippen LogP contribution in [-0.4, -0.2) is 25.4 Å². The standard InChI is InChI=1S/C14H23NOS/c1-4-5-9-15-11-12(2)17-14-8-6-7-13(10-14)16-3/h6-8,10,12,15H,4-5,9,11H2,1-3H3. The lowest BCUT2D eigenvalue weighted by Gasteiger charge is -2.12. The van der Waals surface area contributed by atoms with Crippen molar-refractivity contribution in [3.05, 3.63) is 24.3 Å². The molecular formula is C14H23NOS. The fourth-order valence-electron chi connectivity index (χ4n) is 1.56. The lowest BCUT2D eigenvalue weighted by molar-refractivity contribution is 0.413. The minimum Gasteiger partial charge on any atom is -0.497 e. The van der Waals surface area contributed by atoms with Crippen molar-refractivity contribution in [1.29, 1.82) is 0 Å². The largest absolute Gasteiger partial charge is 0.497 e. The molecule has 1 atom stereocenters. The fraction of sp³-hybridized carbons (Fsp3) is 0.571. The molecular weight excluding hydrogens is 230 g/mol. The molecule has 1 rings (SSSR count). The second kappa shape index (κ2) is 8.43. The van der Waals surface area contributed by atoms with Gasteiger partial charge in [0, 0.05) is 16.7 Å². The predicted molar refractivity (Wildman–Crippen MR) is 76.1 cm³/mol. The third-order valence-corrected chi connectivity index (χ3v) is 3.61. The van der Waals surface area contributed by atoms with E-state index in [2.05, 4.69) is 31.3 Å². The van der Waals surface area contributed by atoms with Gasteiger partial charge in [0.2, 0.25) is 0 Å². The van der Waals surface area contributed by atoms with E-state index in [-0.39, 0.29) is 0 Å². The summed E-state index contributed by atoms with van der Waals surface area (Å²) in [6.07, 6.45) is 2.51. The molecule has 0 spiro atoms. The zero-order valence-electron chi connectivity index (χ0n) is 11.0. The van der Waals surface area contributed by atoms with Gasteiger partial charge in [0.15, 0.2) is 0 Å². The van der Waals surface area contributed by atoms with Gasteiger partial charge in [-0.2, -0.15) is 0 Å². The number of nitrogens with one attached hydrogen (secondary N) is 1. The van der Waals surface area contributed by atoms with E-state index in [0.717, 1.165) is 18.8 Å². The van der Waals surface area contributed by atoms with Crippen LogP contribution in [0, 0.1) is 0 Å². The van der Waals surface area contributed by atoms with E-state index in [9.17, 15) is 0 Å². The highest BCUT2D eigenvalue weighted by Crippen LogP contribution is 2.26. The Kier molecular flexibility index (Phi) is 7.13. The summed E-state index contributed by atoms with van der Waals surface area (Å²) in [6, 6.07) is 8.25. The maximum Gasteiger partial charge on any atom is 0.119 e. The number of methoxy groups -OCH3 is 1. The van der Waals surface area contributed by atoms with Crippen LogP contribution in [0.4, 0.5) is 0 Å². The summed E-state index contributed by atoms with van der Waals surface area (Å²) in [5.41, 5.74) is 0. The van der Waals surface area contributed by atoms with Gasteiger partial charge in [-0.25, -0.2) is 0 Å². The van der Waals surface area contributed by atoms with E-state index in [4.69, 9.17) is 4.74 Å². The van der Waals surface area contributed by atoms with Crippen LogP contribution in [0.3, 0.4) is 0 Å². The van der Waals surface area contributed by atoms with Crippen molar-refractivity contribution in [2.75, 3.05) is 20.2 Å². The lowest BCUT2D eigenvalue weighted by atomic mass is 10.3. The highest BCUT2D eigenvalue weighted by molar-refractivity contribution is 8.00. The summed E-state index contributed by atoms with van der Waals surface area (Å²) >= 11 is 1.89. The van der Waals surface area contributed by atoms with Crippen molar-refractivity contribution < 1.29 is 4.74 Å². The minimum atomic E-state index is 0.582. The molecule has 0 saturated heterocycles. The van der Waals surface area contributed by atoms with Crippen LogP contribution >= 0.6 is 11.8 Å². The molecule has 0 aromatic heterocycles. The summed E-state index contributed by atoms with van der Waals surface area (Å²) in [7, 11) is 1.71. The van der Waals surface area contributed by atoms with Gasteiger partial charge in [-0.1, -0.05) is 26.3 Å². The Balaban J connectivity index is 2.31. The Morgan fingerprint density at radius 1 is 1.41 bits per heavy atom. The van der Waals surface area contributed by atoms with Gasteiger partial charge in [-0.05, 0) is 31.2 Å². The van der Waals surface area contributed by atoms with Crippen molar-refractivity contribution in [3.63, 3.8) is 0 Å². The molecule has 0 radical (unpaired) electrons. The number of hydrogen-bond acceptors (Lipinski definition) is 3. The fourth-order valence-corrected chi connectivity index (χ4v) is 2.56. The molecule has 1 N–H and O–H groups in total. The molecule has 17 heavy (non-hydrogen) atoms. The number of thioether (sulfide) groups is 1. The molecule has 0 aliphatic rings. The smallest absolute Gasteiger partial charge is 0.119 e. The molecule has 1 aromatic rings. The molecule has 0 aliphatic heterocycles. The molecule has 0 fully saturated rings. The summed E-state index contributed by atoms with van der Waals surface area (Å²) in [4.78, 5) is 1.27. The Morgan fingerprint density at radius 3 is 2.94 bits per heavy atom. The highest BCUT2D eigenvalue weighted by atomic mass is 32.2. The summed E-state index contributed by atoms with van der Waals surface area (Å²) in [5, 5.41) is 4.07. The SMILES string of the molecule is CCCCNCC(C)Sc1cccc(OC)c1. The first-order valence-corrected chi connectivity index (χ1v) is 7.15. The van der Waals surface area contributed by atoms with Crippen LogP contribution in [-0.2, 0) is 0 Å². The summed E-state index contributed by atoms with van der Waals surface area (Å²) in [6.45, 7) is 6.65. The van der Waals surface area contributed by atoms with E-state index in [1.807, 2.05) is 23.9 Å². The topological polar surface area (TPSA) is 21.3 Å². The predicted octanol–water partition coefficient (Wildman–Crippen LogP) is 3.57. The Hall–Kier alpha value is -0.670. The number of rotatable bonds is 8. The number of unbranched alkanes of at least 4 members (excludes halogenated alkanes) is 1. The molecule has 0 bridgehead atoms. The van der Waals surface area contributed by atoms with Gasteiger partial charge < -0.3 is 10.1 Å². The third kappa shape index (κ3) is 5.99. The third-order valence-electron chi connectivity index (χ3n) is 2.52. The minimum absolute atomic E-state index is 0.582. The Morgan fingerprint density at radius 2 is 2.24 bits per heavy atom. The molecule has 2 nitrogen and oxygen atoms in total. The normalized spacial score (nSPS) is 12.4. The van der Waals surface area contributed by atoms with Crippen LogP contribution < -0.4 is 10.1 Å². The molecule has 0 amide bonds. The molecule has 1 unspecified atom stereocenters. The Bertz CT molecular complexity index is 317. The molecule has 1 aromatic carbocycles. The highest BCUT2D eigenvalue weighted by Gasteiger charge is 2.04. The van der Waals surface area contributed by atoms with Gasteiger partial charge >= 0.3 is 0 Å². The number of benzene rings is 1. The average Bonchev–Trinajstić information content (AvgIpc) is 2.35. The van der Waals surface area contributed by atoms with Gasteiger partial charge in [0.25, 0.3) is 0 Å². The molecule has 3 heteroatoms. The van der Waals surface area contributed by atoms with Crippen molar-refractivity contribution in [2.24, 2.45) is 0 Å². The molecule has 0 saturated carbocycles. The van der Waals surface area contributed by atoms with Crippen LogP contribution in [0.25, 0.3) is 0 Å². The summed E-state index contributed by atoms with van der Waals surface area (Å²) < 4.78 is 5.22. The lowest BCUT2D eigenvalue weighted by Crippen LogP contribution is -2.23. The van der Waals surface area contributed by atoms with Gasteiger partial charge in [0.05, 0.1) is 7.11 Å². The monoisotopic (exact) mass is 253 g/mol. The molecule has 0 aliphatic carbocycles. The van der Waals surface area contributed by atoms with Crippen LogP contribution in [0.1, 0.15) is 26.7 Å². The Labute approximate surface area is 109 Å². The zero-order valence-corrected chi connectivity index (χ0v) is 11.8. The van der Waals surface area contributed by atoms with Gasteiger partial charge in [0.1, 0.15) is 5.75 Å². The van der Waals surface area contributed by atoms with Crippen molar-refractivity contribution in [2.45, 2.75) is 36.8 Å². The maximum absolute atomic E-state index is 5.22. The summed E-state index contributed by atoms with van der Waals surface area (Å²) in [5.74, 6) is 0.932. The van der Waals surface area contributed by atoms with Crippen LogP contribution in [0.2, 0.25) is 0 Å². The van der Waals surface area contributed by atoms with Crippen molar-refractivity contribution in [3.8, 4) is 5.75 Å². The van der Waals surface area contributed by atoms with Crippen molar-refractivity contribution >= 4 is 11.8 Å².